The van der Waals surface area contributed by atoms with E-state index in [0.29, 0.717) is 5.02 Å². The molecule has 0 aliphatic rings. The first-order valence-corrected chi connectivity index (χ1v) is 4.54. The SMILES string of the molecule is CC.Cc1c(Cl)ccc2nonc12. The molecule has 13 heavy (non-hydrogen) atoms. The monoisotopic (exact) mass is 198 g/mol. The van der Waals surface area contributed by atoms with Gasteiger partial charge in [0.2, 0.25) is 0 Å². The summed E-state index contributed by atoms with van der Waals surface area (Å²) in [5.74, 6) is 0. The lowest BCUT2D eigenvalue weighted by atomic mass is 10.2. The smallest absolute Gasteiger partial charge is 0.139 e. The van der Waals surface area contributed by atoms with Crippen LogP contribution < -0.4 is 0 Å². The lowest BCUT2D eigenvalue weighted by molar-refractivity contribution is 0.315. The number of nitrogens with zero attached hydrogens (tertiary/aromatic N) is 2. The molecule has 0 bridgehead atoms. The summed E-state index contributed by atoms with van der Waals surface area (Å²) in [5, 5.41) is 8.07. The Labute approximate surface area is 81.7 Å². The van der Waals surface area contributed by atoms with E-state index < -0.39 is 0 Å². The predicted octanol–water partition coefficient (Wildman–Crippen LogP) is 3.21. The largest absolute Gasteiger partial charge is 0.243 e. The van der Waals surface area contributed by atoms with E-state index >= 15 is 0 Å². The Morgan fingerprint density at radius 1 is 1.23 bits per heavy atom. The van der Waals surface area contributed by atoms with E-state index in [1.54, 1.807) is 12.1 Å². The first kappa shape index (κ1) is 9.99. The summed E-state index contributed by atoms with van der Waals surface area (Å²) in [6, 6.07) is 3.56. The van der Waals surface area contributed by atoms with Gasteiger partial charge in [-0.1, -0.05) is 25.4 Å². The maximum Gasteiger partial charge on any atom is 0.139 e. The predicted molar refractivity (Wildman–Crippen MR) is 52.9 cm³/mol. The van der Waals surface area contributed by atoms with Crippen molar-refractivity contribution in [2.45, 2.75) is 20.8 Å². The van der Waals surface area contributed by atoms with Gasteiger partial charge >= 0.3 is 0 Å². The van der Waals surface area contributed by atoms with Crippen molar-refractivity contribution >= 4 is 22.6 Å². The standard InChI is InChI=1S/C7H5ClN2O.C2H6/c1-4-5(8)2-3-6-7(4)10-11-9-6;1-2/h2-3H,1H3;1-2H3. The van der Waals surface area contributed by atoms with E-state index in [1.165, 1.54) is 0 Å². The van der Waals surface area contributed by atoms with Gasteiger partial charge in [0, 0.05) is 5.02 Å². The van der Waals surface area contributed by atoms with Gasteiger partial charge in [-0.15, -0.1) is 0 Å². The zero-order valence-corrected chi connectivity index (χ0v) is 8.59. The second-order valence-corrected chi connectivity index (χ2v) is 2.71. The molecular formula is C9H11ClN2O. The highest BCUT2D eigenvalue weighted by atomic mass is 35.5. The van der Waals surface area contributed by atoms with E-state index in [4.69, 9.17) is 11.6 Å². The fourth-order valence-corrected chi connectivity index (χ4v) is 1.11. The summed E-state index contributed by atoms with van der Waals surface area (Å²) in [5.41, 5.74) is 2.38. The summed E-state index contributed by atoms with van der Waals surface area (Å²) < 4.78 is 4.54. The molecule has 1 aromatic heterocycles. The van der Waals surface area contributed by atoms with Crippen LogP contribution in [-0.2, 0) is 0 Å². The van der Waals surface area contributed by atoms with Gasteiger partial charge in [0.1, 0.15) is 11.0 Å². The minimum atomic E-state index is 0.688. The van der Waals surface area contributed by atoms with Crippen molar-refractivity contribution in [1.29, 1.82) is 0 Å². The molecule has 0 amide bonds. The molecule has 0 atom stereocenters. The van der Waals surface area contributed by atoms with Gasteiger partial charge < -0.3 is 0 Å². The average Bonchev–Trinajstić information content (AvgIpc) is 2.63. The normalized spacial score (nSPS) is 9.54. The topological polar surface area (TPSA) is 38.9 Å². The number of aromatic nitrogens is 2. The number of hydrogen-bond donors (Lipinski definition) is 0. The number of halogens is 1. The van der Waals surface area contributed by atoms with Gasteiger partial charge in [0.05, 0.1) is 0 Å². The Morgan fingerprint density at radius 2 is 1.92 bits per heavy atom. The fraction of sp³-hybridized carbons (Fsp3) is 0.333. The van der Waals surface area contributed by atoms with Crippen LogP contribution in [0.1, 0.15) is 19.4 Å². The molecular weight excluding hydrogens is 188 g/mol. The van der Waals surface area contributed by atoms with Crippen LogP contribution in [0.15, 0.2) is 16.8 Å². The molecule has 0 fully saturated rings. The lowest BCUT2D eigenvalue weighted by Crippen LogP contribution is -1.77. The van der Waals surface area contributed by atoms with Crippen LogP contribution >= 0.6 is 11.6 Å². The molecule has 0 radical (unpaired) electrons. The summed E-state index contributed by atoms with van der Waals surface area (Å²) in [4.78, 5) is 0. The maximum absolute atomic E-state index is 5.84. The van der Waals surface area contributed by atoms with Crippen molar-refractivity contribution in [3.05, 3.63) is 22.7 Å². The molecule has 0 aliphatic heterocycles. The van der Waals surface area contributed by atoms with E-state index in [0.717, 1.165) is 16.6 Å². The molecule has 1 aromatic carbocycles. The first-order chi connectivity index (χ1) is 6.29. The Hall–Kier alpha value is -1.09. The molecule has 2 aromatic rings. The minimum absolute atomic E-state index is 0.688. The molecule has 3 nitrogen and oxygen atoms in total. The van der Waals surface area contributed by atoms with Crippen LogP contribution in [0.25, 0.3) is 11.0 Å². The Bertz CT molecular complexity index is 397. The molecule has 70 valence electrons. The Morgan fingerprint density at radius 3 is 2.62 bits per heavy atom. The van der Waals surface area contributed by atoms with Crippen molar-refractivity contribution in [1.82, 2.24) is 10.3 Å². The summed E-state index contributed by atoms with van der Waals surface area (Å²) in [6.45, 7) is 5.88. The van der Waals surface area contributed by atoms with Crippen molar-refractivity contribution in [3.8, 4) is 0 Å². The van der Waals surface area contributed by atoms with Crippen LogP contribution in [-0.4, -0.2) is 10.3 Å². The second-order valence-electron chi connectivity index (χ2n) is 2.30. The Kier molecular flexibility index (Phi) is 3.25. The highest BCUT2D eigenvalue weighted by Gasteiger charge is 2.05. The zero-order valence-electron chi connectivity index (χ0n) is 7.84. The van der Waals surface area contributed by atoms with E-state index in [1.807, 2.05) is 20.8 Å². The van der Waals surface area contributed by atoms with E-state index in [2.05, 4.69) is 14.9 Å². The van der Waals surface area contributed by atoms with Crippen molar-refractivity contribution < 1.29 is 4.63 Å². The molecule has 0 saturated heterocycles. The van der Waals surface area contributed by atoms with Crippen LogP contribution in [0.3, 0.4) is 0 Å². The average molecular weight is 199 g/mol. The van der Waals surface area contributed by atoms with Gasteiger partial charge in [-0.25, -0.2) is 4.63 Å². The highest BCUT2D eigenvalue weighted by molar-refractivity contribution is 6.32. The number of fused-ring (bicyclic) bond motifs is 1. The van der Waals surface area contributed by atoms with Crippen molar-refractivity contribution in [2.24, 2.45) is 0 Å². The molecule has 0 aliphatic carbocycles. The van der Waals surface area contributed by atoms with Crippen LogP contribution in [0.5, 0.6) is 0 Å². The number of rotatable bonds is 0. The van der Waals surface area contributed by atoms with Crippen LogP contribution in [0.2, 0.25) is 5.02 Å². The number of hydrogen-bond acceptors (Lipinski definition) is 3. The molecule has 4 heteroatoms. The van der Waals surface area contributed by atoms with Gasteiger partial charge in [-0.3, -0.25) is 0 Å². The Balaban J connectivity index is 0.000000396. The van der Waals surface area contributed by atoms with Gasteiger partial charge in [-0.05, 0) is 34.9 Å². The second kappa shape index (κ2) is 4.23. The van der Waals surface area contributed by atoms with Crippen LogP contribution in [0.4, 0.5) is 0 Å². The molecule has 0 spiro atoms. The molecule has 0 unspecified atom stereocenters. The minimum Gasteiger partial charge on any atom is -0.243 e. The number of benzene rings is 1. The zero-order chi connectivity index (χ0) is 9.84. The highest BCUT2D eigenvalue weighted by Crippen LogP contribution is 2.21. The van der Waals surface area contributed by atoms with Gasteiger partial charge in [0.25, 0.3) is 0 Å². The third-order valence-electron chi connectivity index (χ3n) is 1.61. The molecule has 0 N–H and O–H groups in total. The molecule has 1 heterocycles. The molecule has 0 saturated carbocycles. The van der Waals surface area contributed by atoms with E-state index in [-0.39, 0.29) is 0 Å². The van der Waals surface area contributed by atoms with Crippen LogP contribution in [0, 0.1) is 6.92 Å². The lowest BCUT2D eigenvalue weighted by Gasteiger charge is -1.93. The summed E-state index contributed by atoms with van der Waals surface area (Å²) in [6.07, 6.45) is 0. The summed E-state index contributed by atoms with van der Waals surface area (Å²) in [7, 11) is 0. The first-order valence-electron chi connectivity index (χ1n) is 4.16. The van der Waals surface area contributed by atoms with Crippen molar-refractivity contribution in [3.63, 3.8) is 0 Å². The quantitative estimate of drug-likeness (QED) is 0.653. The van der Waals surface area contributed by atoms with E-state index in [9.17, 15) is 0 Å². The van der Waals surface area contributed by atoms with Gasteiger partial charge in [-0.2, -0.15) is 0 Å². The summed E-state index contributed by atoms with van der Waals surface area (Å²) >= 11 is 5.84. The molecule has 2 rings (SSSR count). The third-order valence-corrected chi connectivity index (χ3v) is 2.02. The van der Waals surface area contributed by atoms with Gasteiger partial charge in [0.15, 0.2) is 0 Å². The fourth-order valence-electron chi connectivity index (χ4n) is 0.955. The maximum atomic E-state index is 5.84. The number of aryl methyl sites for hydroxylation is 1. The van der Waals surface area contributed by atoms with Crippen molar-refractivity contribution in [2.75, 3.05) is 0 Å². The third kappa shape index (κ3) is 1.80.